The third-order valence-corrected chi connectivity index (χ3v) is 4.01. The summed E-state index contributed by atoms with van der Waals surface area (Å²) in [5, 5.41) is 15.5. The van der Waals surface area contributed by atoms with E-state index in [-0.39, 0.29) is 18.1 Å². The fourth-order valence-electron chi connectivity index (χ4n) is 2.04. The summed E-state index contributed by atoms with van der Waals surface area (Å²) in [6.07, 6.45) is 3.80. The molecule has 0 unspecified atom stereocenters. The van der Waals surface area contributed by atoms with Crippen molar-refractivity contribution < 1.29 is 9.90 Å². The fourth-order valence-corrected chi connectivity index (χ4v) is 2.17. The lowest BCUT2D eigenvalue weighted by Gasteiger charge is -2.13. The van der Waals surface area contributed by atoms with Crippen molar-refractivity contribution in [3.05, 3.63) is 34.9 Å². The number of nitrogens with one attached hydrogen (secondary N) is 2. The third kappa shape index (κ3) is 4.69. The average Bonchev–Trinajstić information content (AvgIpc) is 3.24. The summed E-state index contributed by atoms with van der Waals surface area (Å²) in [6, 6.07) is 7.60. The van der Waals surface area contributed by atoms with Crippen LogP contribution in [0, 0.1) is 5.41 Å². The number of hydrogen-bond donors (Lipinski definition) is 3. The van der Waals surface area contributed by atoms with Gasteiger partial charge in [0.2, 0.25) is 0 Å². The second kappa shape index (κ2) is 6.95. The minimum atomic E-state index is -0.152. The number of hydrogen-bond acceptors (Lipinski definition) is 2. The number of aryl methyl sites for hydroxylation is 1. The molecule has 5 heteroatoms. The number of benzene rings is 1. The Bertz CT molecular complexity index is 444. The summed E-state index contributed by atoms with van der Waals surface area (Å²) in [7, 11) is 0. The molecule has 1 aromatic carbocycles. The number of carbonyl (C=O) groups excluding carboxylic acids is 1. The van der Waals surface area contributed by atoms with E-state index in [1.165, 1.54) is 5.56 Å². The number of aliphatic hydroxyl groups is 1. The highest BCUT2D eigenvalue weighted by Gasteiger charge is 2.41. The van der Waals surface area contributed by atoms with E-state index < -0.39 is 0 Å². The van der Waals surface area contributed by atoms with Gasteiger partial charge in [-0.3, -0.25) is 0 Å². The first-order valence-corrected chi connectivity index (χ1v) is 7.38. The minimum Gasteiger partial charge on any atom is -0.396 e. The van der Waals surface area contributed by atoms with Gasteiger partial charge < -0.3 is 15.7 Å². The van der Waals surface area contributed by atoms with Gasteiger partial charge in [0.05, 0.1) is 6.61 Å². The molecule has 0 radical (unpaired) electrons. The number of amides is 2. The number of rotatable bonds is 7. The Hall–Kier alpha value is -1.26. The first-order chi connectivity index (χ1) is 9.63. The van der Waals surface area contributed by atoms with Crippen molar-refractivity contribution in [1.29, 1.82) is 0 Å². The molecule has 1 aliphatic carbocycles. The molecule has 20 heavy (non-hydrogen) atoms. The molecule has 2 rings (SSSR count). The molecule has 1 saturated carbocycles. The van der Waals surface area contributed by atoms with Gasteiger partial charge in [0.25, 0.3) is 0 Å². The van der Waals surface area contributed by atoms with E-state index in [9.17, 15) is 4.79 Å². The summed E-state index contributed by atoms with van der Waals surface area (Å²) in [5.74, 6) is 0. The largest absolute Gasteiger partial charge is 0.396 e. The predicted octanol–water partition coefficient (Wildman–Crippen LogP) is 2.34. The van der Waals surface area contributed by atoms with Crippen LogP contribution in [0.15, 0.2) is 24.3 Å². The first kappa shape index (κ1) is 15.1. The zero-order valence-electron chi connectivity index (χ0n) is 11.5. The highest BCUT2D eigenvalue weighted by Crippen LogP contribution is 2.44. The normalized spacial score (nSPS) is 15.7. The maximum atomic E-state index is 11.6. The van der Waals surface area contributed by atoms with Crippen LogP contribution in [0.25, 0.3) is 0 Å². The van der Waals surface area contributed by atoms with Crippen LogP contribution in [-0.2, 0) is 6.42 Å². The number of carbonyl (C=O) groups is 1. The van der Waals surface area contributed by atoms with Crippen LogP contribution in [0.2, 0.25) is 5.02 Å². The lowest BCUT2D eigenvalue weighted by molar-refractivity contribution is 0.203. The maximum Gasteiger partial charge on any atom is 0.314 e. The van der Waals surface area contributed by atoms with Crippen molar-refractivity contribution in [1.82, 2.24) is 10.6 Å². The van der Waals surface area contributed by atoms with Crippen molar-refractivity contribution in [2.24, 2.45) is 5.41 Å². The Morgan fingerprint density at radius 2 is 1.95 bits per heavy atom. The van der Waals surface area contributed by atoms with Crippen LogP contribution in [0.3, 0.4) is 0 Å². The van der Waals surface area contributed by atoms with Crippen LogP contribution in [-0.4, -0.2) is 30.8 Å². The number of aliphatic hydroxyl groups excluding tert-OH is 1. The predicted molar refractivity (Wildman–Crippen MR) is 79.9 cm³/mol. The SMILES string of the molecule is O=C(NCCCc1ccc(Cl)cc1)NCC1(CO)CC1. The standard InChI is InChI=1S/C15H21ClN2O2/c16-13-5-3-12(4-6-13)2-1-9-17-14(20)18-10-15(11-19)7-8-15/h3-6,19H,1-2,7-11H2,(H2,17,18,20). The summed E-state index contributed by atoms with van der Waals surface area (Å²) >= 11 is 5.82. The van der Waals surface area contributed by atoms with Crippen LogP contribution >= 0.6 is 11.6 Å². The van der Waals surface area contributed by atoms with Crippen molar-refractivity contribution >= 4 is 17.6 Å². The number of halogens is 1. The molecule has 0 atom stereocenters. The molecule has 1 aromatic rings. The molecule has 3 N–H and O–H groups in total. The van der Waals surface area contributed by atoms with Gasteiger partial charge >= 0.3 is 6.03 Å². The van der Waals surface area contributed by atoms with E-state index in [1.807, 2.05) is 24.3 Å². The molecule has 0 saturated heterocycles. The smallest absolute Gasteiger partial charge is 0.314 e. The quantitative estimate of drug-likeness (QED) is 0.676. The summed E-state index contributed by atoms with van der Waals surface area (Å²) in [5.41, 5.74) is 1.18. The van der Waals surface area contributed by atoms with Gasteiger partial charge in [-0.05, 0) is 43.4 Å². The Morgan fingerprint density at radius 1 is 1.25 bits per heavy atom. The maximum absolute atomic E-state index is 11.6. The second-order valence-corrected chi connectivity index (χ2v) is 5.93. The van der Waals surface area contributed by atoms with Gasteiger partial charge in [-0.1, -0.05) is 23.7 Å². The topological polar surface area (TPSA) is 61.4 Å². The molecule has 0 aromatic heterocycles. The zero-order valence-corrected chi connectivity index (χ0v) is 12.2. The zero-order chi connectivity index (χ0) is 14.4. The molecule has 0 spiro atoms. The van der Waals surface area contributed by atoms with E-state index in [4.69, 9.17) is 16.7 Å². The van der Waals surface area contributed by atoms with Gasteiger partial charge in [-0.2, -0.15) is 0 Å². The lowest BCUT2D eigenvalue weighted by atomic mass is 10.1. The van der Waals surface area contributed by atoms with Crippen LogP contribution in [0.5, 0.6) is 0 Å². The Kier molecular flexibility index (Phi) is 5.26. The van der Waals surface area contributed by atoms with Gasteiger partial charge in [0, 0.05) is 23.5 Å². The van der Waals surface area contributed by atoms with Gasteiger partial charge in [0.15, 0.2) is 0 Å². The van der Waals surface area contributed by atoms with Crippen molar-refractivity contribution in [3.63, 3.8) is 0 Å². The summed E-state index contributed by atoms with van der Waals surface area (Å²) in [4.78, 5) is 11.6. The van der Waals surface area contributed by atoms with Crippen LogP contribution < -0.4 is 10.6 Å². The van der Waals surface area contributed by atoms with E-state index in [1.54, 1.807) is 0 Å². The van der Waals surface area contributed by atoms with Gasteiger partial charge in [0.1, 0.15) is 0 Å². The van der Waals surface area contributed by atoms with E-state index in [2.05, 4.69) is 10.6 Å². The molecule has 4 nitrogen and oxygen atoms in total. The molecule has 1 fully saturated rings. The molecule has 1 aliphatic rings. The van der Waals surface area contributed by atoms with Crippen molar-refractivity contribution in [3.8, 4) is 0 Å². The Balaban J connectivity index is 1.56. The van der Waals surface area contributed by atoms with Gasteiger partial charge in [-0.25, -0.2) is 4.79 Å². The molecule has 0 bridgehead atoms. The minimum absolute atomic E-state index is 0.0410. The van der Waals surface area contributed by atoms with E-state index in [0.717, 1.165) is 30.7 Å². The monoisotopic (exact) mass is 296 g/mol. The van der Waals surface area contributed by atoms with E-state index >= 15 is 0 Å². The second-order valence-electron chi connectivity index (χ2n) is 5.50. The van der Waals surface area contributed by atoms with Crippen molar-refractivity contribution in [2.45, 2.75) is 25.7 Å². The Labute approximate surface area is 124 Å². The van der Waals surface area contributed by atoms with Crippen LogP contribution in [0.4, 0.5) is 4.79 Å². The first-order valence-electron chi connectivity index (χ1n) is 7.01. The number of urea groups is 1. The molecule has 0 aliphatic heterocycles. The molecule has 2 amide bonds. The molecular formula is C15H21ClN2O2. The average molecular weight is 297 g/mol. The highest BCUT2D eigenvalue weighted by molar-refractivity contribution is 6.30. The van der Waals surface area contributed by atoms with E-state index in [0.29, 0.717) is 13.1 Å². The molecule has 0 heterocycles. The third-order valence-electron chi connectivity index (χ3n) is 3.76. The highest BCUT2D eigenvalue weighted by atomic mass is 35.5. The van der Waals surface area contributed by atoms with Crippen molar-refractivity contribution in [2.75, 3.05) is 19.7 Å². The van der Waals surface area contributed by atoms with Gasteiger partial charge in [-0.15, -0.1) is 0 Å². The molecular weight excluding hydrogens is 276 g/mol. The summed E-state index contributed by atoms with van der Waals surface area (Å²) < 4.78 is 0. The van der Waals surface area contributed by atoms with Crippen LogP contribution in [0.1, 0.15) is 24.8 Å². The summed E-state index contributed by atoms with van der Waals surface area (Å²) in [6.45, 7) is 1.36. The molecule has 110 valence electrons. The fraction of sp³-hybridized carbons (Fsp3) is 0.533. The lowest BCUT2D eigenvalue weighted by Crippen LogP contribution is -2.40. The Morgan fingerprint density at radius 3 is 2.55 bits per heavy atom.